The lowest BCUT2D eigenvalue weighted by Gasteiger charge is -2.30. The molecule has 0 spiro atoms. The first-order valence-electron chi connectivity index (χ1n) is 11.0. The Bertz CT molecular complexity index is 1330. The fraction of sp³-hybridized carbons (Fsp3) is 0.192. The molecule has 2 N–H and O–H groups in total. The van der Waals surface area contributed by atoms with Crippen molar-refractivity contribution in [3.63, 3.8) is 0 Å². The standard InChI is InChI=1S/C26H25N5O2/c1-18(32)29-23-7-4-5-20-16-30(14-13-22(20)23)26(33)27-15-19-9-11-21(12-10-19)31-17-28-24-6-2-3-8-25(24)31/h2-12,17H,13-16H2,1H3,(H,27,33)(H,29,32). The van der Waals surface area contributed by atoms with Gasteiger partial charge in [0, 0.05) is 37.9 Å². The number of para-hydroxylation sites is 2. The second-order valence-corrected chi connectivity index (χ2v) is 8.22. The lowest BCUT2D eigenvalue weighted by molar-refractivity contribution is -0.114. The number of benzene rings is 3. The van der Waals surface area contributed by atoms with Gasteiger partial charge < -0.3 is 15.5 Å². The van der Waals surface area contributed by atoms with Gasteiger partial charge in [-0.2, -0.15) is 0 Å². The van der Waals surface area contributed by atoms with Gasteiger partial charge in [-0.15, -0.1) is 0 Å². The normalized spacial score (nSPS) is 12.9. The Labute approximate surface area is 192 Å². The monoisotopic (exact) mass is 439 g/mol. The molecule has 7 nitrogen and oxygen atoms in total. The van der Waals surface area contributed by atoms with Gasteiger partial charge in [0.2, 0.25) is 5.91 Å². The first-order valence-corrected chi connectivity index (χ1v) is 11.0. The van der Waals surface area contributed by atoms with Gasteiger partial charge in [-0.25, -0.2) is 9.78 Å². The van der Waals surface area contributed by atoms with Gasteiger partial charge in [-0.3, -0.25) is 9.36 Å². The number of anilines is 1. The molecular formula is C26H25N5O2. The van der Waals surface area contributed by atoms with Crippen LogP contribution in [0.25, 0.3) is 16.7 Å². The van der Waals surface area contributed by atoms with E-state index in [4.69, 9.17) is 0 Å². The second-order valence-electron chi connectivity index (χ2n) is 8.22. The number of nitrogens with one attached hydrogen (secondary N) is 2. The van der Waals surface area contributed by atoms with E-state index in [1.807, 2.05) is 78.0 Å². The Morgan fingerprint density at radius 1 is 1.00 bits per heavy atom. The van der Waals surface area contributed by atoms with E-state index >= 15 is 0 Å². The third-order valence-electron chi connectivity index (χ3n) is 5.98. The summed E-state index contributed by atoms with van der Waals surface area (Å²) in [5, 5.41) is 5.91. The van der Waals surface area contributed by atoms with Gasteiger partial charge in [-0.05, 0) is 53.4 Å². The van der Waals surface area contributed by atoms with E-state index in [0.717, 1.165) is 39.1 Å². The van der Waals surface area contributed by atoms with E-state index in [2.05, 4.69) is 20.2 Å². The number of carbonyl (C=O) groups is 2. The number of imidazole rings is 1. The van der Waals surface area contributed by atoms with Crippen LogP contribution in [0, 0.1) is 0 Å². The van der Waals surface area contributed by atoms with E-state index in [1.54, 1.807) is 0 Å². The Morgan fingerprint density at radius 2 is 1.82 bits per heavy atom. The van der Waals surface area contributed by atoms with Crippen molar-refractivity contribution in [1.29, 1.82) is 0 Å². The summed E-state index contributed by atoms with van der Waals surface area (Å²) in [6.07, 6.45) is 2.54. The molecule has 1 aromatic heterocycles. The van der Waals surface area contributed by atoms with Gasteiger partial charge in [0.05, 0.1) is 11.0 Å². The molecule has 0 radical (unpaired) electrons. The summed E-state index contributed by atoms with van der Waals surface area (Å²) in [4.78, 5) is 30.5. The minimum Gasteiger partial charge on any atom is -0.334 e. The number of rotatable bonds is 4. The molecule has 0 saturated heterocycles. The van der Waals surface area contributed by atoms with Gasteiger partial charge in [0.15, 0.2) is 0 Å². The summed E-state index contributed by atoms with van der Waals surface area (Å²) < 4.78 is 2.05. The van der Waals surface area contributed by atoms with Crippen molar-refractivity contribution >= 4 is 28.7 Å². The maximum Gasteiger partial charge on any atom is 0.317 e. The quantitative estimate of drug-likeness (QED) is 0.499. The molecular weight excluding hydrogens is 414 g/mol. The van der Waals surface area contributed by atoms with E-state index in [9.17, 15) is 9.59 Å². The summed E-state index contributed by atoms with van der Waals surface area (Å²) in [6.45, 7) is 3.11. The summed E-state index contributed by atoms with van der Waals surface area (Å²) in [5.74, 6) is -0.0872. The molecule has 33 heavy (non-hydrogen) atoms. The summed E-state index contributed by atoms with van der Waals surface area (Å²) in [7, 11) is 0. The maximum absolute atomic E-state index is 12.8. The molecule has 4 aromatic rings. The topological polar surface area (TPSA) is 79.3 Å². The highest BCUT2D eigenvalue weighted by Gasteiger charge is 2.22. The molecule has 0 atom stereocenters. The SMILES string of the molecule is CC(=O)Nc1cccc2c1CCN(C(=O)NCc1ccc(-n3cnc4ccccc43)cc1)C2. The fourth-order valence-electron chi connectivity index (χ4n) is 4.32. The van der Waals surface area contributed by atoms with Gasteiger partial charge in [0.1, 0.15) is 6.33 Å². The molecule has 1 aliphatic rings. The van der Waals surface area contributed by atoms with Crippen LogP contribution in [0.5, 0.6) is 0 Å². The Kier molecular flexibility index (Phi) is 5.52. The molecule has 1 aliphatic heterocycles. The van der Waals surface area contributed by atoms with Gasteiger partial charge in [0.25, 0.3) is 0 Å². The van der Waals surface area contributed by atoms with E-state index in [-0.39, 0.29) is 11.9 Å². The van der Waals surface area contributed by atoms with Crippen LogP contribution in [-0.2, 0) is 24.3 Å². The molecule has 0 bridgehead atoms. The Balaban J connectivity index is 1.22. The van der Waals surface area contributed by atoms with Crippen molar-refractivity contribution < 1.29 is 9.59 Å². The molecule has 5 rings (SSSR count). The van der Waals surface area contributed by atoms with Crippen LogP contribution in [0.4, 0.5) is 10.5 Å². The van der Waals surface area contributed by atoms with Crippen molar-refractivity contribution in [2.45, 2.75) is 26.4 Å². The van der Waals surface area contributed by atoms with E-state index < -0.39 is 0 Å². The maximum atomic E-state index is 12.8. The van der Waals surface area contributed by atoms with Crippen LogP contribution >= 0.6 is 0 Å². The lowest BCUT2D eigenvalue weighted by Crippen LogP contribution is -2.42. The Hall–Kier alpha value is -4.13. The zero-order valence-corrected chi connectivity index (χ0v) is 18.4. The smallest absolute Gasteiger partial charge is 0.317 e. The van der Waals surface area contributed by atoms with Crippen LogP contribution in [0.2, 0.25) is 0 Å². The van der Waals surface area contributed by atoms with Gasteiger partial charge >= 0.3 is 6.03 Å². The largest absolute Gasteiger partial charge is 0.334 e. The molecule has 0 aliphatic carbocycles. The molecule has 7 heteroatoms. The molecule has 3 aromatic carbocycles. The Morgan fingerprint density at radius 3 is 2.64 bits per heavy atom. The van der Waals surface area contributed by atoms with Gasteiger partial charge in [-0.1, -0.05) is 36.4 Å². The number of urea groups is 1. The number of nitrogens with zero attached hydrogens (tertiary/aromatic N) is 3. The van der Waals surface area contributed by atoms with Crippen LogP contribution in [0.3, 0.4) is 0 Å². The highest BCUT2D eigenvalue weighted by Crippen LogP contribution is 2.26. The van der Waals surface area contributed by atoms with E-state index in [0.29, 0.717) is 26.1 Å². The molecule has 0 fully saturated rings. The summed E-state index contributed by atoms with van der Waals surface area (Å²) in [5.41, 5.74) is 7.10. The number of carbonyl (C=O) groups excluding carboxylic acids is 2. The zero-order valence-electron chi connectivity index (χ0n) is 18.4. The van der Waals surface area contributed by atoms with Crippen LogP contribution in [-0.4, -0.2) is 32.9 Å². The highest BCUT2D eigenvalue weighted by molar-refractivity contribution is 5.90. The lowest BCUT2D eigenvalue weighted by atomic mass is 9.98. The summed E-state index contributed by atoms with van der Waals surface area (Å²) in [6, 6.07) is 21.9. The molecule has 0 saturated carbocycles. The van der Waals surface area contributed by atoms with Crippen molar-refractivity contribution in [1.82, 2.24) is 19.8 Å². The average molecular weight is 440 g/mol. The molecule has 3 amide bonds. The van der Waals surface area contributed by atoms with Crippen molar-refractivity contribution in [3.05, 3.63) is 89.7 Å². The third kappa shape index (κ3) is 4.30. The average Bonchev–Trinajstić information content (AvgIpc) is 3.26. The first-order chi connectivity index (χ1) is 16.1. The van der Waals surface area contributed by atoms with Crippen LogP contribution in [0.15, 0.2) is 73.1 Å². The molecule has 0 unspecified atom stereocenters. The van der Waals surface area contributed by atoms with Crippen LogP contribution < -0.4 is 10.6 Å². The molecule has 2 heterocycles. The predicted molar refractivity (Wildman–Crippen MR) is 128 cm³/mol. The third-order valence-corrected chi connectivity index (χ3v) is 5.98. The fourth-order valence-corrected chi connectivity index (χ4v) is 4.32. The second kappa shape index (κ2) is 8.78. The van der Waals surface area contributed by atoms with E-state index in [1.165, 1.54) is 6.92 Å². The number of fused-ring (bicyclic) bond motifs is 2. The number of hydrogen-bond donors (Lipinski definition) is 2. The highest BCUT2D eigenvalue weighted by atomic mass is 16.2. The predicted octanol–water partition coefficient (Wildman–Crippen LogP) is 4.25. The first kappa shape index (κ1) is 20.8. The van der Waals surface area contributed by atoms with Crippen LogP contribution in [0.1, 0.15) is 23.6 Å². The van der Waals surface area contributed by atoms with Crippen molar-refractivity contribution in [2.75, 3.05) is 11.9 Å². The number of hydrogen-bond acceptors (Lipinski definition) is 3. The minimum atomic E-state index is -0.0877. The summed E-state index contributed by atoms with van der Waals surface area (Å²) >= 11 is 0. The number of aromatic nitrogens is 2. The number of amides is 3. The molecule has 166 valence electrons. The van der Waals surface area contributed by atoms with Crippen molar-refractivity contribution in [2.24, 2.45) is 0 Å². The zero-order chi connectivity index (χ0) is 22.8. The minimum absolute atomic E-state index is 0.0872. The van der Waals surface area contributed by atoms with Crippen molar-refractivity contribution in [3.8, 4) is 5.69 Å².